The van der Waals surface area contributed by atoms with Gasteiger partial charge < -0.3 is 0 Å². The Bertz CT molecular complexity index is 585. The summed E-state index contributed by atoms with van der Waals surface area (Å²) in [5.41, 5.74) is 5.45. The quantitative estimate of drug-likeness (QED) is 0.660. The molecule has 1 saturated carbocycles. The first-order chi connectivity index (χ1) is 11.3. The van der Waals surface area contributed by atoms with E-state index in [4.69, 9.17) is 0 Å². The molecule has 0 aromatic heterocycles. The van der Waals surface area contributed by atoms with E-state index in [0.717, 1.165) is 34.7 Å². The number of carbonyl (C=O) groups is 1. The average Bonchev–Trinajstić information content (AvgIpc) is 2.52. The molecule has 0 aliphatic heterocycles. The van der Waals surface area contributed by atoms with Gasteiger partial charge in [0, 0.05) is 15.9 Å². The molecule has 1 aromatic rings. The number of hydrogen-bond donors (Lipinski definition) is 1. The highest BCUT2D eigenvalue weighted by atomic mass is 79.9. The number of rotatable bonds is 5. The van der Waals surface area contributed by atoms with E-state index < -0.39 is 0 Å². The first-order valence-corrected chi connectivity index (χ1v) is 10.5. The number of thioether (sulfide) groups is 1. The maximum Gasteiger partial charge on any atom is 0.250 e. The van der Waals surface area contributed by atoms with Gasteiger partial charge in [0.2, 0.25) is 5.91 Å². The second kappa shape index (κ2) is 9.04. The zero-order chi connectivity index (χ0) is 17.6. The maximum absolute atomic E-state index is 11.9. The van der Waals surface area contributed by atoms with E-state index in [2.05, 4.69) is 59.4 Å². The maximum atomic E-state index is 11.9. The van der Waals surface area contributed by atoms with Gasteiger partial charge in [-0.1, -0.05) is 48.8 Å². The molecule has 1 aliphatic carbocycles. The molecule has 1 fully saturated rings. The number of halogens is 1. The summed E-state index contributed by atoms with van der Waals surface area (Å²) in [6.45, 7) is 6.93. The van der Waals surface area contributed by atoms with Crippen molar-refractivity contribution >= 4 is 39.3 Å². The molecule has 0 saturated heterocycles. The average molecular weight is 411 g/mol. The van der Waals surface area contributed by atoms with E-state index in [9.17, 15) is 4.79 Å². The van der Waals surface area contributed by atoms with E-state index in [1.165, 1.54) is 18.4 Å². The lowest BCUT2D eigenvalue weighted by Crippen LogP contribution is -2.28. The zero-order valence-electron chi connectivity index (χ0n) is 14.8. The van der Waals surface area contributed by atoms with E-state index in [0.29, 0.717) is 11.2 Å². The van der Waals surface area contributed by atoms with Crippen LogP contribution in [0.2, 0.25) is 0 Å². The van der Waals surface area contributed by atoms with Crippen LogP contribution in [0.1, 0.15) is 52.0 Å². The molecule has 1 N–H and O–H groups in total. The molecule has 24 heavy (non-hydrogen) atoms. The van der Waals surface area contributed by atoms with Crippen LogP contribution in [0.4, 0.5) is 0 Å². The second-order valence-electron chi connectivity index (χ2n) is 7.48. The van der Waals surface area contributed by atoms with Crippen LogP contribution in [0.15, 0.2) is 33.8 Å². The van der Waals surface area contributed by atoms with Gasteiger partial charge >= 0.3 is 0 Å². The lowest BCUT2D eigenvalue weighted by atomic mass is 9.72. The van der Waals surface area contributed by atoms with Crippen LogP contribution in [-0.2, 0) is 10.5 Å². The Morgan fingerprint density at radius 1 is 1.33 bits per heavy atom. The first kappa shape index (κ1) is 19.5. The Kier molecular flexibility index (Phi) is 7.35. The van der Waals surface area contributed by atoms with Gasteiger partial charge in [0.1, 0.15) is 0 Å². The lowest BCUT2D eigenvalue weighted by Gasteiger charge is -2.34. The van der Waals surface area contributed by atoms with Crippen molar-refractivity contribution in [3.8, 4) is 0 Å². The highest BCUT2D eigenvalue weighted by Crippen LogP contribution is 2.36. The van der Waals surface area contributed by atoms with Crippen LogP contribution in [0.25, 0.3) is 0 Å². The van der Waals surface area contributed by atoms with Crippen molar-refractivity contribution in [3.63, 3.8) is 0 Å². The normalized spacial score (nSPS) is 18.3. The SMILES string of the molecule is CC(C)(C)C1CCC(=NNC(=O)CSCc2cccc(Br)c2)CC1. The summed E-state index contributed by atoms with van der Waals surface area (Å²) in [6.07, 6.45) is 4.37. The van der Waals surface area contributed by atoms with Gasteiger partial charge in [0.05, 0.1) is 5.75 Å². The van der Waals surface area contributed by atoms with E-state index in [1.54, 1.807) is 11.8 Å². The van der Waals surface area contributed by atoms with Gasteiger partial charge in [-0.3, -0.25) is 4.79 Å². The number of amides is 1. The summed E-state index contributed by atoms with van der Waals surface area (Å²) in [5.74, 6) is 2.01. The van der Waals surface area contributed by atoms with E-state index in [-0.39, 0.29) is 5.91 Å². The number of nitrogens with zero attached hydrogens (tertiary/aromatic N) is 1. The third-order valence-corrected chi connectivity index (χ3v) is 6.01. The molecule has 0 unspecified atom stereocenters. The van der Waals surface area contributed by atoms with Crippen LogP contribution in [-0.4, -0.2) is 17.4 Å². The fraction of sp³-hybridized carbons (Fsp3) is 0.579. The summed E-state index contributed by atoms with van der Waals surface area (Å²) < 4.78 is 1.07. The molecule has 1 aromatic carbocycles. The van der Waals surface area contributed by atoms with Crippen LogP contribution in [0.5, 0.6) is 0 Å². The number of benzene rings is 1. The predicted octanol–water partition coefficient (Wildman–Crippen LogP) is 5.39. The van der Waals surface area contributed by atoms with Crippen LogP contribution < -0.4 is 5.43 Å². The molecule has 0 atom stereocenters. The highest BCUT2D eigenvalue weighted by Gasteiger charge is 2.28. The number of hydrogen-bond acceptors (Lipinski definition) is 3. The number of nitrogens with one attached hydrogen (secondary N) is 1. The summed E-state index contributed by atoms with van der Waals surface area (Å²) in [5, 5.41) is 4.34. The van der Waals surface area contributed by atoms with Gasteiger partial charge in [-0.25, -0.2) is 5.43 Å². The standard InChI is InChI=1S/C19H27BrN2OS/c1-19(2,3)15-7-9-17(10-8-15)21-22-18(23)13-24-12-14-5-4-6-16(20)11-14/h4-6,11,15H,7-10,12-13H2,1-3H3,(H,22,23). The van der Waals surface area contributed by atoms with Gasteiger partial charge in [-0.2, -0.15) is 5.10 Å². The summed E-state index contributed by atoms with van der Waals surface area (Å²) in [6, 6.07) is 8.17. The smallest absolute Gasteiger partial charge is 0.250 e. The second-order valence-corrected chi connectivity index (χ2v) is 9.38. The minimum atomic E-state index is -0.0135. The fourth-order valence-electron chi connectivity index (χ4n) is 2.99. The molecule has 3 nitrogen and oxygen atoms in total. The fourth-order valence-corrected chi connectivity index (χ4v) is 4.20. The summed E-state index contributed by atoms with van der Waals surface area (Å²) >= 11 is 5.07. The molecule has 132 valence electrons. The third-order valence-electron chi connectivity index (χ3n) is 4.52. The Morgan fingerprint density at radius 2 is 2.04 bits per heavy atom. The van der Waals surface area contributed by atoms with Crippen molar-refractivity contribution in [1.82, 2.24) is 5.43 Å². The molecule has 2 rings (SSSR count). The predicted molar refractivity (Wildman–Crippen MR) is 107 cm³/mol. The van der Waals surface area contributed by atoms with Crippen molar-refractivity contribution < 1.29 is 4.79 Å². The Morgan fingerprint density at radius 3 is 2.67 bits per heavy atom. The van der Waals surface area contributed by atoms with Gasteiger partial charge in [-0.15, -0.1) is 11.8 Å². The zero-order valence-corrected chi connectivity index (χ0v) is 17.2. The molecular weight excluding hydrogens is 384 g/mol. The monoisotopic (exact) mass is 410 g/mol. The van der Waals surface area contributed by atoms with Crippen molar-refractivity contribution in [3.05, 3.63) is 34.3 Å². The largest absolute Gasteiger partial charge is 0.272 e. The number of carbonyl (C=O) groups excluding carboxylic acids is 1. The molecule has 0 heterocycles. The van der Waals surface area contributed by atoms with Gasteiger partial charge in [0.15, 0.2) is 0 Å². The number of hydrazone groups is 1. The van der Waals surface area contributed by atoms with Crippen molar-refractivity contribution in [1.29, 1.82) is 0 Å². The molecule has 0 bridgehead atoms. The first-order valence-electron chi connectivity index (χ1n) is 8.51. The minimum absolute atomic E-state index is 0.0135. The molecule has 0 spiro atoms. The van der Waals surface area contributed by atoms with Crippen LogP contribution in [0, 0.1) is 11.3 Å². The Hall–Kier alpha value is -0.810. The molecule has 0 radical (unpaired) electrons. The van der Waals surface area contributed by atoms with Crippen LogP contribution >= 0.6 is 27.7 Å². The summed E-state index contributed by atoms with van der Waals surface area (Å²) in [4.78, 5) is 11.9. The van der Waals surface area contributed by atoms with Crippen molar-refractivity contribution in [2.45, 2.75) is 52.2 Å². The van der Waals surface area contributed by atoms with E-state index in [1.807, 2.05) is 12.1 Å². The Labute approximate surface area is 158 Å². The molecule has 5 heteroatoms. The van der Waals surface area contributed by atoms with E-state index >= 15 is 0 Å². The topological polar surface area (TPSA) is 41.5 Å². The van der Waals surface area contributed by atoms with Crippen molar-refractivity contribution in [2.24, 2.45) is 16.4 Å². The lowest BCUT2D eigenvalue weighted by molar-refractivity contribution is -0.118. The molecular formula is C19H27BrN2OS. The third kappa shape index (κ3) is 6.60. The van der Waals surface area contributed by atoms with Crippen LogP contribution in [0.3, 0.4) is 0 Å². The highest BCUT2D eigenvalue weighted by molar-refractivity contribution is 9.10. The molecule has 1 aliphatic rings. The van der Waals surface area contributed by atoms with Gasteiger partial charge in [-0.05, 0) is 54.7 Å². The minimum Gasteiger partial charge on any atom is -0.272 e. The van der Waals surface area contributed by atoms with Crippen molar-refractivity contribution in [2.75, 3.05) is 5.75 Å². The molecule has 1 amide bonds. The van der Waals surface area contributed by atoms with Gasteiger partial charge in [0.25, 0.3) is 0 Å². The summed E-state index contributed by atoms with van der Waals surface area (Å²) in [7, 11) is 0. The Balaban J connectivity index is 1.68.